The summed E-state index contributed by atoms with van der Waals surface area (Å²) >= 11 is 0. The molecule has 236 valence electrons. The van der Waals surface area contributed by atoms with Crippen molar-refractivity contribution in [3.8, 4) is 16.9 Å². The molecule has 0 atom stereocenters. The van der Waals surface area contributed by atoms with Gasteiger partial charge in [-0.1, -0.05) is 30.3 Å². The molecule has 2 fully saturated rings. The Bertz CT molecular complexity index is 1410. The molecule has 12 heteroatoms. The van der Waals surface area contributed by atoms with Gasteiger partial charge >= 0.3 is 12.1 Å². The standard InChI is InChI=1S/C31H42N2O9S/c1-22-20-24(23-10-14-32(15-11-23)43(38,39)31(28(34)35)12-17-40-18-13-31)8-9-27(22)25-6-5-7-26(21-25)41-19-16-33(37)29(36)42-30(2,3)4/h5-9,20-21,23,37H,10-19H2,1-4H3,(H,34,35). The van der Waals surface area contributed by atoms with Gasteiger partial charge in [0.15, 0.2) is 4.75 Å². The number of carbonyl (C=O) groups excluding carboxylic acids is 1. The van der Waals surface area contributed by atoms with Crippen LogP contribution in [-0.2, 0) is 24.3 Å². The second-order valence-electron chi connectivity index (χ2n) is 12.1. The lowest BCUT2D eigenvalue weighted by atomic mass is 9.87. The Morgan fingerprint density at radius 1 is 1.09 bits per heavy atom. The molecule has 2 aromatic carbocycles. The molecule has 2 heterocycles. The lowest BCUT2D eigenvalue weighted by molar-refractivity contribution is -0.142. The predicted molar refractivity (Wildman–Crippen MR) is 160 cm³/mol. The average molecular weight is 619 g/mol. The largest absolute Gasteiger partial charge is 0.492 e. The second-order valence-corrected chi connectivity index (χ2v) is 14.4. The predicted octanol–water partition coefficient (Wildman–Crippen LogP) is 4.81. The molecule has 0 aliphatic carbocycles. The lowest BCUT2D eigenvalue weighted by Crippen LogP contribution is -2.57. The lowest BCUT2D eigenvalue weighted by Gasteiger charge is -2.39. The molecule has 2 saturated heterocycles. The number of piperidine rings is 1. The third-order valence-corrected chi connectivity index (χ3v) is 10.6. The van der Waals surface area contributed by atoms with Gasteiger partial charge in [0.1, 0.15) is 18.0 Å². The number of carboxylic acid groups (broad SMARTS) is 1. The quantitative estimate of drug-likeness (QED) is 0.299. The van der Waals surface area contributed by atoms with Crippen molar-refractivity contribution in [3.05, 3.63) is 53.6 Å². The number of carboxylic acids is 1. The van der Waals surface area contributed by atoms with Crippen LogP contribution in [0.1, 0.15) is 63.5 Å². The Morgan fingerprint density at radius 2 is 1.77 bits per heavy atom. The molecule has 2 aromatic rings. The molecule has 2 N–H and O–H groups in total. The molecular formula is C31H42N2O9S. The summed E-state index contributed by atoms with van der Waals surface area (Å²) < 4.78 is 42.6. The molecule has 1 amide bonds. The Morgan fingerprint density at radius 3 is 2.37 bits per heavy atom. The SMILES string of the molecule is Cc1cc(C2CCN(S(=O)(=O)C3(C(=O)O)CCOCC3)CC2)ccc1-c1cccc(OCCN(O)C(=O)OC(C)(C)C)c1. The van der Waals surface area contributed by atoms with E-state index in [4.69, 9.17) is 14.2 Å². The van der Waals surface area contributed by atoms with Crippen molar-refractivity contribution in [1.29, 1.82) is 0 Å². The minimum absolute atomic E-state index is 0.0382. The van der Waals surface area contributed by atoms with Crippen LogP contribution in [0.3, 0.4) is 0 Å². The maximum atomic E-state index is 13.5. The number of ether oxygens (including phenoxy) is 3. The first-order valence-corrected chi connectivity index (χ1v) is 16.0. The number of hydrogen-bond donors (Lipinski definition) is 2. The van der Waals surface area contributed by atoms with Crippen molar-refractivity contribution in [3.63, 3.8) is 0 Å². The van der Waals surface area contributed by atoms with Crippen molar-refractivity contribution >= 4 is 22.1 Å². The highest BCUT2D eigenvalue weighted by atomic mass is 32.2. The highest BCUT2D eigenvalue weighted by Crippen LogP contribution is 2.38. The van der Waals surface area contributed by atoms with E-state index >= 15 is 0 Å². The Kier molecular flexibility index (Phi) is 10.1. The number of sulfonamides is 1. The minimum Gasteiger partial charge on any atom is -0.492 e. The van der Waals surface area contributed by atoms with Crippen LogP contribution >= 0.6 is 0 Å². The van der Waals surface area contributed by atoms with Gasteiger partial charge in [-0.3, -0.25) is 10.0 Å². The van der Waals surface area contributed by atoms with Crippen LogP contribution < -0.4 is 4.74 Å². The van der Waals surface area contributed by atoms with Gasteiger partial charge in [0.05, 0.1) is 6.54 Å². The number of benzene rings is 2. The average Bonchev–Trinajstić information content (AvgIpc) is 2.96. The molecule has 0 aromatic heterocycles. The van der Waals surface area contributed by atoms with E-state index in [0.29, 0.717) is 23.7 Å². The molecule has 2 aliphatic rings. The summed E-state index contributed by atoms with van der Waals surface area (Å²) in [5, 5.41) is 20.3. The van der Waals surface area contributed by atoms with E-state index in [1.807, 2.05) is 31.2 Å². The molecular weight excluding hydrogens is 576 g/mol. The first-order valence-electron chi connectivity index (χ1n) is 14.6. The third kappa shape index (κ3) is 7.49. The molecule has 11 nitrogen and oxygen atoms in total. The van der Waals surface area contributed by atoms with Gasteiger partial charge in [0.2, 0.25) is 10.0 Å². The zero-order valence-corrected chi connectivity index (χ0v) is 26.1. The summed E-state index contributed by atoms with van der Waals surface area (Å²) in [4.78, 5) is 24.0. The second kappa shape index (κ2) is 13.2. The van der Waals surface area contributed by atoms with E-state index in [1.165, 1.54) is 4.31 Å². The number of hydroxylamine groups is 2. The maximum Gasteiger partial charge on any atom is 0.434 e. The van der Waals surface area contributed by atoms with E-state index in [0.717, 1.165) is 22.3 Å². The van der Waals surface area contributed by atoms with Gasteiger partial charge in [0, 0.05) is 39.1 Å². The normalized spacial score (nSPS) is 18.2. The summed E-state index contributed by atoms with van der Waals surface area (Å²) in [6, 6.07) is 13.8. The number of hydrogen-bond acceptors (Lipinski definition) is 8. The fraction of sp³-hybridized carbons (Fsp3) is 0.548. The Labute approximate surface area is 253 Å². The minimum atomic E-state index is -4.03. The highest BCUT2D eigenvalue weighted by Gasteiger charge is 2.54. The highest BCUT2D eigenvalue weighted by molar-refractivity contribution is 7.91. The fourth-order valence-corrected chi connectivity index (χ4v) is 7.72. The van der Waals surface area contributed by atoms with Crippen molar-refractivity contribution in [2.24, 2.45) is 0 Å². The number of nitrogens with zero attached hydrogens (tertiary/aromatic N) is 2. The molecule has 0 radical (unpaired) electrons. The zero-order chi connectivity index (χ0) is 31.4. The zero-order valence-electron chi connectivity index (χ0n) is 25.2. The van der Waals surface area contributed by atoms with Crippen LogP contribution in [0, 0.1) is 6.92 Å². The van der Waals surface area contributed by atoms with Crippen molar-refractivity contribution < 1.29 is 42.5 Å². The molecule has 0 saturated carbocycles. The smallest absolute Gasteiger partial charge is 0.434 e. The van der Waals surface area contributed by atoms with Crippen LogP contribution in [-0.4, -0.2) is 90.0 Å². The van der Waals surface area contributed by atoms with E-state index in [1.54, 1.807) is 26.8 Å². The van der Waals surface area contributed by atoms with E-state index in [9.17, 15) is 28.3 Å². The van der Waals surface area contributed by atoms with Crippen LogP contribution in [0.15, 0.2) is 42.5 Å². The molecule has 2 aliphatic heterocycles. The van der Waals surface area contributed by atoms with Crippen LogP contribution in [0.25, 0.3) is 11.1 Å². The van der Waals surface area contributed by atoms with Gasteiger partial charge in [0.25, 0.3) is 0 Å². The summed E-state index contributed by atoms with van der Waals surface area (Å²) in [6.45, 7) is 8.01. The first kappa shape index (κ1) is 32.7. The van der Waals surface area contributed by atoms with Crippen LogP contribution in [0.4, 0.5) is 4.79 Å². The molecule has 43 heavy (non-hydrogen) atoms. The molecule has 0 unspecified atom stereocenters. The van der Waals surface area contributed by atoms with E-state index < -0.39 is 32.4 Å². The third-order valence-electron chi connectivity index (χ3n) is 8.02. The van der Waals surface area contributed by atoms with E-state index in [2.05, 4.69) is 12.1 Å². The van der Waals surface area contributed by atoms with Crippen LogP contribution in [0.5, 0.6) is 5.75 Å². The van der Waals surface area contributed by atoms with Gasteiger partial charge in [-0.2, -0.15) is 5.06 Å². The topological polar surface area (TPSA) is 143 Å². The fourth-order valence-electron chi connectivity index (χ4n) is 5.63. The van der Waals surface area contributed by atoms with Crippen LogP contribution in [0.2, 0.25) is 0 Å². The maximum absolute atomic E-state index is 13.5. The summed E-state index contributed by atoms with van der Waals surface area (Å²) in [6.07, 6.45) is 0.306. The van der Waals surface area contributed by atoms with Crippen molar-refractivity contribution in [2.45, 2.75) is 69.6 Å². The monoisotopic (exact) mass is 618 g/mol. The van der Waals surface area contributed by atoms with Gasteiger partial charge in [-0.25, -0.2) is 17.5 Å². The number of carbonyl (C=O) groups is 2. The molecule has 4 rings (SSSR count). The number of aliphatic carboxylic acids is 1. The van der Waals surface area contributed by atoms with E-state index in [-0.39, 0.29) is 58.2 Å². The molecule has 0 spiro atoms. The van der Waals surface area contributed by atoms with Gasteiger partial charge < -0.3 is 19.3 Å². The Hall–Kier alpha value is -3.19. The Balaban J connectivity index is 1.37. The van der Waals surface area contributed by atoms with Gasteiger partial charge in [-0.15, -0.1) is 0 Å². The summed E-state index contributed by atoms with van der Waals surface area (Å²) in [5.74, 6) is -0.540. The van der Waals surface area contributed by atoms with Crippen molar-refractivity contribution in [2.75, 3.05) is 39.5 Å². The number of aryl methyl sites for hydroxylation is 1. The summed E-state index contributed by atoms with van der Waals surface area (Å²) in [7, 11) is -4.03. The number of rotatable bonds is 9. The van der Waals surface area contributed by atoms with Crippen molar-refractivity contribution in [1.82, 2.24) is 9.37 Å². The molecule has 0 bridgehead atoms. The first-order chi connectivity index (χ1) is 20.2. The number of amides is 1. The summed E-state index contributed by atoms with van der Waals surface area (Å²) in [5.41, 5.74) is 3.44. The van der Waals surface area contributed by atoms with Gasteiger partial charge in [-0.05, 0) is 80.8 Å².